The maximum absolute atomic E-state index is 5.43. The predicted molar refractivity (Wildman–Crippen MR) is 117 cm³/mol. The van der Waals surface area contributed by atoms with Crippen LogP contribution in [-0.2, 0) is 6.42 Å². The summed E-state index contributed by atoms with van der Waals surface area (Å²) in [5, 5.41) is 0. The second-order valence-corrected chi connectivity index (χ2v) is 7.33. The Morgan fingerprint density at radius 1 is 1.04 bits per heavy atom. The number of fused-ring (bicyclic) bond motifs is 1. The van der Waals surface area contributed by atoms with Crippen molar-refractivity contribution in [2.45, 2.75) is 53.9 Å². The monoisotopic (exact) mass is 380 g/mol. The highest BCUT2D eigenvalue weighted by Crippen LogP contribution is 2.34. The van der Waals surface area contributed by atoms with Gasteiger partial charge in [-0.15, -0.1) is 0 Å². The van der Waals surface area contributed by atoms with Gasteiger partial charge in [-0.25, -0.2) is 4.98 Å². The van der Waals surface area contributed by atoms with Gasteiger partial charge in [-0.2, -0.15) is 0 Å². The molecule has 0 aliphatic carbocycles. The zero-order chi connectivity index (χ0) is 20.3. The number of aryl methyl sites for hydroxylation is 3. The molecule has 0 atom stereocenters. The number of ether oxygens (including phenoxy) is 1. The molecular weight excluding hydrogens is 348 g/mol. The molecule has 3 aromatic rings. The summed E-state index contributed by atoms with van der Waals surface area (Å²) in [5.41, 5.74) is 6.46. The number of methoxy groups -OCH3 is 1. The molecule has 150 valence electrons. The molecule has 3 rings (SSSR count). The average Bonchev–Trinajstić information content (AvgIpc) is 3.06. The predicted octanol–water partition coefficient (Wildman–Crippen LogP) is 5.21. The maximum Gasteiger partial charge on any atom is 0.165 e. The standard InChI is InChI=1S/C23H32N4O/c1-7-11-26(12-8-2)23-19(9-3)25-22-21(24-10-13-27(22)23)20-16(4)14-18(28-6)15-17(20)5/h10,13-15H,7-9,11-12H2,1-6H3. The van der Waals surface area contributed by atoms with Crippen LogP contribution in [0.5, 0.6) is 5.75 Å². The van der Waals surface area contributed by atoms with Crippen molar-refractivity contribution in [2.24, 2.45) is 0 Å². The first-order chi connectivity index (χ1) is 13.5. The lowest BCUT2D eigenvalue weighted by Gasteiger charge is -2.24. The number of hydrogen-bond acceptors (Lipinski definition) is 4. The van der Waals surface area contributed by atoms with Crippen LogP contribution in [0.3, 0.4) is 0 Å². The number of aromatic nitrogens is 3. The summed E-state index contributed by atoms with van der Waals surface area (Å²) < 4.78 is 7.66. The van der Waals surface area contributed by atoms with Crippen LogP contribution >= 0.6 is 0 Å². The van der Waals surface area contributed by atoms with Crippen LogP contribution < -0.4 is 9.64 Å². The van der Waals surface area contributed by atoms with E-state index in [0.29, 0.717) is 0 Å². The second-order valence-electron chi connectivity index (χ2n) is 7.33. The van der Waals surface area contributed by atoms with E-state index in [9.17, 15) is 0 Å². The van der Waals surface area contributed by atoms with Crippen molar-refractivity contribution in [2.75, 3.05) is 25.1 Å². The van der Waals surface area contributed by atoms with E-state index in [1.54, 1.807) is 7.11 Å². The topological polar surface area (TPSA) is 42.7 Å². The van der Waals surface area contributed by atoms with Crippen LogP contribution in [0.25, 0.3) is 16.9 Å². The lowest BCUT2D eigenvalue weighted by molar-refractivity contribution is 0.414. The molecule has 28 heavy (non-hydrogen) atoms. The van der Waals surface area contributed by atoms with Crippen LogP contribution in [0.2, 0.25) is 0 Å². The summed E-state index contributed by atoms with van der Waals surface area (Å²) >= 11 is 0. The molecule has 2 aromatic heterocycles. The Bertz CT molecular complexity index is 932. The van der Waals surface area contributed by atoms with Gasteiger partial charge in [0, 0.05) is 31.0 Å². The molecule has 0 unspecified atom stereocenters. The number of rotatable bonds is 8. The van der Waals surface area contributed by atoms with Crippen LogP contribution in [-0.4, -0.2) is 34.6 Å². The minimum atomic E-state index is 0.876. The number of nitrogens with zero attached hydrogens (tertiary/aromatic N) is 4. The molecular formula is C23H32N4O. The van der Waals surface area contributed by atoms with Crippen LogP contribution in [0.15, 0.2) is 24.5 Å². The SMILES string of the molecule is CCCN(CCC)c1c(CC)nc2c(-c3c(C)cc(OC)cc3C)nccn12. The van der Waals surface area contributed by atoms with E-state index in [1.807, 2.05) is 12.4 Å². The second kappa shape index (κ2) is 8.63. The molecule has 2 heterocycles. The summed E-state index contributed by atoms with van der Waals surface area (Å²) in [5.74, 6) is 2.09. The molecule has 0 spiro atoms. The summed E-state index contributed by atoms with van der Waals surface area (Å²) in [6.45, 7) is 12.9. The van der Waals surface area contributed by atoms with Gasteiger partial charge >= 0.3 is 0 Å². The molecule has 5 nitrogen and oxygen atoms in total. The highest BCUT2D eigenvalue weighted by atomic mass is 16.5. The first-order valence-corrected chi connectivity index (χ1v) is 10.3. The highest BCUT2D eigenvalue weighted by molar-refractivity contribution is 5.81. The molecule has 0 radical (unpaired) electrons. The third-order valence-corrected chi connectivity index (χ3v) is 5.19. The molecule has 0 saturated heterocycles. The third kappa shape index (κ3) is 3.58. The Labute approximate surface area is 168 Å². The maximum atomic E-state index is 5.43. The van der Waals surface area contributed by atoms with Gasteiger partial charge in [0.25, 0.3) is 0 Å². The van der Waals surface area contributed by atoms with Gasteiger partial charge in [-0.3, -0.25) is 9.38 Å². The van der Waals surface area contributed by atoms with E-state index in [2.05, 4.69) is 56.1 Å². The van der Waals surface area contributed by atoms with Crippen LogP contribution in [0.1, 0.15) is 50.4 Å². The minimum Gasteiger partial charge on any atom is -0.497 e. The molecule has 0 aliphatic rings. The van der Waals surface area contributed by atoms with Gasteiger partial charge in [0.2, 0.25) is 0 Å². The Hall–Kier alpha value is -2.56. The molecule has 0 amide bonds. The molecule has 0 bridgehead atoms. The van der Waals surface area contributed by atoms with E-state index in [-0.39, 0.29) is 0 Å². The Kier molecular flexibility index (Phi) is 6.22. The first-order valence-electron chi connectivity index (χ1n) is 10.3. The first kappa shape index (κ1) is 20.2. The Balaban J connectivity index is 2.25. The number of anilines is 1. The van der Waals surface area contributed by atoms with Gasteiger partial charge in [-0.1, -0.05) is 20.8 Å². The lowest BCUT2D eigenvalue weighted by atomic mass is 9.99. The molecule has 0 aliphatic heterocycles. The van der Waals surface area contributed by atoms with E-state index in [4.69, 9.17) is 14.7 Å². The minimum absolute atomic E-state index is 0.876. The van der Waals surface area contributed by atoms with Crippen molar-refractivity contribution < 1.29 is 4.74 Å². The van der Waals surface area contributed by atoms with E-state index in [0.717, 1.165) is 71.8 Å². The largest absolute Gasteiger partial charge is 0.497 e. The third-order valence-electron chi connectivity index (χ3n) is 5.19. The molecule has 1 aromatic carbocycles. The molecule has 0 N–H and O–H groups in total. The van der Waals surface area contributed by atoms with Crippen molar-refractivity contribution in [3.05, 3.63) is 41.3 Å². The van der Waals surface area contributed by atoms with Crippen LogP contribution in [0, 0.1) is 13.8 Å². The fourth-order valence-corrected chi connectivity index (χ4v) is 4.04. The average molecular weight is 381 g/mol. The van der Waals surface area contributed by atoms with E-state index >= 15 is 0 Å². The van der Waals surface area contributed by atoms with Gasteiger partial charge in [0.1, 0.15) is 17.3 Å². The normalized spacial score (nSPS) is 11.2. The number of hydrogen-bond donors (Lipinski definition) is 0. The zero-order valence-electron chi connectivity index (χ0n) is 18.0. The summed E-state index contributed by atoms with van der Waals surface area (Å²) in [4.78, 5) is 12.3. The fourth-order valence-electron chi connectivity index (χ4n) is 4.04. The van der Waals surface area contributed by atoms with Crippen molar-refractivity contribution in [3.63, 3.8) is 0 Å². The van der Waals surface area contributed by atoms with Crippen molar-refractivity contribution in [1.29, 1.82) is 0 Å². The van der Waals surface area contributed by atoms with Gasteiger partial charge in [0.15, 0.2) is 5.65 Å². The van der Waals surface area contributed by atoms with E-state index in [1.165, 1.54) is 5.82 Å². The Morgan fingerprint density at radius 3 is 2.21 bits per heavy atom. The summed E-state index contributed by atoms with van der Waals surface area (Å²) in [6.07, 6.45) is 7.08. The van der Waals surface area contributed by atoms with Crippen molar-refractivity contribution in [1.82, 2.24) is 14.4 Å². The molecule has 5 heteroatoms. The quantitative estimate of drug-likeness (QED) is 0.538. The Morgan fingerprint density at radius 2 is 1.68 bits per heavy atom. The van der Waals surface area contributed by atoms with Gasteiger partial charge in [0.05, 0.1) is 12.8 Å². The molecule has 0 fully saturated rings. The highest BCUT2D eigenvalue weighted by Gasteiger charge is 2.21. The number of imidazole rings is 1. The van der Waals surface area contributed by atoms with Crippen molar-refractivity contribution in [3.8, 4) is 17.0 Å². The van der Waals surface area contributed by atoms with Crippen LogP contribution in [0.4, 0.5) is 5.82 Å². The number of benzene rings is 1. The molecule has 0 saturated carbocycles. The van der Waals surface area contributed by atoms with Crippen molar-refractivity contribution >= 4 is 11.5 Å². The van der Waals surface area contributed by atoms with Gasteiger partial charge in [-0.05, 0) is 56.4 Å². The van der Waals surface area contributed by atoms with Gasteiger partial charge < -0.3 is 9.64 Å². The van der Waals surface area contributed by atoms with E-state index < -0.39 is 0 Å². The summed E-state index contributed by atoms with van der Waals surface area (Å²) in [7, 11) is 1.71. The summed E-state index contributed by atoms with van der Waals surface area (Å²) in [6, 6.07) is 4.14. The smallest absolute Gasteiger partial charge is 0.165 e. The lowest BCUT2D eigenvalue weighted by Crippen LogP contribution is -2.27. The fraction of sp³-hybridized carbons (Fsp3) is 0.478. The zero-order valence-corrected chi connectivity index (χ0v) is 18.0.